The summed E-state index contributed by atoms with van der Waals surface area (Å²) in [6, 6.07) is 29.6. The van der Waals surface area contributed by atoms with Crippen LogP contribution in [-0.2, 0) is 0 Å². The molecule has 0 saturated carbocycles. The molecule has 9 aromatic rings. The number of anilines is 3. The zero-order chi connectivity index (χ0) is 43.9. The van der Waals surface area contributed by atoms with E-state index in [0.29, 0.717) is 11.1 Å². The molecule has 0 unspecified atom stereocenters. The highest BCUT2D eigenvalue weighted by Crippen LogP contribution is 2.39. The molecule has 0 aliphatic carbocycles. The Kier molecular flexibility index (Phi) is 4.57. The van der Waals surface area contributed by atoms with Crippen LogP contribution in [0.2, 0.25) is 0 Å². The third-order valence-electron chi connectivity index (χ3n) is 8.64. The van der Waals surface area contributed by atoms with Crippen molar-refractivity contribution in [1.29, 1.82) is 0 Å². The van der Waals surface area contributed by atoms with E-state index >= 15 is 0 Å². The second-order valence-corrected chi connectivity index (χ2v) is 11.6. The molecule has 1 nitrogen and oxygen atoms in total. The van der Waals surface area contributed by atoms with E-state index in [0.717, 1.165) is 37.9 Å². The fourth-order valence-electron chi connectivity index (χ4n) is 6.21. The van der Waals surface area contributed by atoms with E-state index in [1.807, 2.05) is 97.1 Å². The molecule has 0 spiro atoms. The SMILES string of the molecule is [2H]c1c([2H])c([2H])c(-c2c([2H])c([2H])c(N(c3cccc(-c4ccc5ccccc5c4)c3)c3c([2H])c([2H])c(-c4ccc5c(ccc6ccccc65)c4)c([2H])c3[2H])c([2H])c2[2H])c([2H])c1[2H]. The summed E-state index contributed by atoms with van der Waals surface area (Å²) in [6.07, 6.45) is 0. The molecule has 230 valence electrons. The van der Waals surface area contributed by atoms with Gasteiger partial charge in [0.1, 0.15) is 0 Å². The molecule has 0 aliphatic heterocycles. The summed E-state index contributed by atoms with van der Waals surface area (Å²) < 4.78 is 117. The average molecular weight is 637 g/mol. The Hall–Kier alpha value is -6.44. The van der Waals surface area contributed by atoms with E-state index in [2.05, 4.69) is 0 Å². The molecule has 0 heterocycles. The minimum atomic E-state index is -0.731. The monoisotopic (exact) mass is 636 g/mol. The van der Waals surface area contributed by atoms with Crippen LogP contribution in [0.15, 0.2) is 200 Å². The Balaban J connectivity index is 1.30. The number of benzene rings is 9. The van der Waals surface area contributed by atoms with Crippen LogP contribution in [0.5, 0.6) is 0 Å². The van der Waals surface area contributed by atoms with Gasteiger partial charge in [0.05, 0.1) is 17.8 Å². The number of rotatable bonds is 6. The van der Waals surface area contributed by atoms with Crippen molar-refractivity contribution in [2.24, 2.45) is 0 Å². The Bertz CT molecular complexity index is 3280. The smallest absolute Gasteiger partial charge is 0.0645 e. The Labute approximate surface area is 305 Å². The summed E-state index contributed by atoms with van der Waals surface area (Å²) in [4.78, 5) is 1.19. The molecule has 0 saturated heterocycles. The molecule has 0 fully saturated rings. The Morgan fingerprint density at radius 1 is 0.306 bits per heavy atom. The summed E-state index contributed by atoms with van der Waals surface area (Å²) >= 11 is 0. The highest BCUT2D eigenvalue weighted by Gasteiger charge is 2.15. The average Bonchev–Trinajstić information content (AvgIpc) is 3.29. The van der Waals surface area contributed by atoms with Crippen molar-refractivity contribution in [2.75, 3.05) is 4.90 Å². The molecule has 0 bridgehead atoms. The van der Waals surface area contributed by atoms with Gasteiger partial charge in [-0.1, -0.05) is 151 Å². The van der Waals surface area contributed by atoms with Crippen LogP contribution in [-0.4, -0.2) is 0 Å². The highest BCUT2D eigenvalue weighted by molar-refractivity contribution is 6.08. The fraction of sp³-hybridized carbons (Fsp3) is 0. The van der Waals surface area contributed by atoms with Gasteiger partial charge in [0.15, 0.2) is 0 Å². The van der Waals surface area contributed by atoms with Gasteiger partial charge in [0.25, 0.3) is 0 Å². The predicted molar refractivity (Wildman–Crippen MR) is 210 cm³/mol. The highest BCUT2D eigenvalue weighted by atomic mass is 15.1. The van der Waals surface area contributed by atoms with Crippen molar-refractivity contribution in [3.63, 3.8) is 0 Å². The van der Waals surface area contributed by atoms with E-state index in [1.165, 1.54) is 4.90 Å². The van der Waals surface area contributed by atoms with Gasteiger partial charge in [-0.25, -0.2) is 0 Å². The maximum absolute atomic E-state index is 9.52. The zero-order valence-corrected chi connectivity index (χ0v) is 26.0. The van der Waals surface area contributed by atoms with E-state index < -0.39 is 95.4 Å². The first-order chi connectivity index (χ1) is 29.7. The molecule has 0 aliphatic rings. The fourth-order valence-corrected chi connectivity index (χ4v) is 6.21. The summed E-state index contributed by atoms with van der Waals surface area (Å²) in [5.41, 5.74) is 0.304. The third-order valence-corrected chi connectivity index (χ3v) is 8.64. The molecule has 0 atom stereocenters. The number of nitrogens with zero attached hydrogens (tertiary/aromatic N) is 1. The molecule has 0 radical (unpaired) electrons. The normalized spacial score (nSPS) is 15.0. The van der Waals surface area contributed by atoms with Crippen LogP contribution in [0.3, 0.4) is 0 Å². The van der Waals surface area contributed by atoms with Crippen LogP contribution < -0.4 is 4.90 Å². The van der Waals surface area contributed by atoms with Crippen LogP contribution in [0, 0.1) is 0 Å². The standard InChI is InChI=1S/C48H33N/c1-2-9-34(10-3-1)36-21-26-44(27-22-36)49(46-15-8-14-40(33-46)42-19-17-35-11-4-5-13-39(35)31-42)45-28-23-37(24-29-45)41-25-30-48-43(32-41)20-18-38-12-6-7-16-47(38)48/h1-33H/i1D,2D,3D,9D,10D,21D,22D,23D,24D,26D,27D,28D,29D. The van der Waals surface area contributed by atoms with Gasteiger partial charge in [-0.15, -0.1) is 0 Å². The minimum Gasteiger partial charge on any atom is -0.310 e. The summed E-state index contributed by atoms with van der Waals surface area (Å²) in [5.74, 6) is 0. The maximum Gasteiger partial charge on any atom is 0.0645 e. The first kappa shape index (κ1) is 18.2. The van der Waals surface area contributed by atoms with Gasteiger partial charge >= 0.3 is 0 Å². The summed E-state index contributed by atoms with van der Waals surface area (Å²) in [7, 11) is 0. The van der Waals surface area contributed by atoms with Crippen molar-refractivity contribution >= 4 is 49.4 Å². The van der Waals surface area contributed by atoms with Gasteiger partial charge in [0, 0.05) is 17.1 Å². The molecule has 0 aromatic heterocycles. The minimum absolute atomic E-state index is 0.0276. The molecule has 0 amide bonds. The van der Waals surface area contributed by atoms with E-state index in [9.17, 15) is 11.0 Å². The van der Waals surface area contributed by atoms with Gasteiger partial charge in [0.2, 0.25) is 0 Å². The molecular weight excluding hydrogens is 591 g/mol. The lowest BCUT2D eigenvalue weighted by Crippen LogP contribution is -2.10. The van der Waals surface area contributed by atoms with Gasteiger partial charge in [-0.3, -0.25) is 0 Å². The molecule has 0 N–H and O–H groups in total. The third kappa shape index (κ3) is 5.52. The number of hydrogen-bond donors (Lipinski definition) is 0. The maximum atomic E-state index is 9.52. The topological polar surface area (TPSA) is 3.24 Å². The molecule has 9 aromatic carbocycles. The summed E-state index contributed by atoms with van der Waals surface area (Å²) in [5, 5.41) is 5.82. The Morgan fingerprint density at radius 2 is 0.837 bits per heavy atom. The second-order valence-electron chi connectivity index (χ2n) is 11.6. The van der Waals surface area contributed by atoms with Crippen LogP contribution in [0.4, 0.5) is 17.1 Å². The number of fused-ring (bicyclic) bond motifs is 4. The molecule has 1 heteroatoms. The van der Waals surface area contributed by atoms with Crippen molar-refractivity contribution in [3.05, 3.63) is 200 Å². The lowest BCUT2D eigenvalue weighted by Gasteiger charge is -2.26. The molecule has 9 rings (SSSR count). The lowest BCUT2D eigenvalue weighted by atomic mass is 9.97. The first-order valence-corrected chi connectivity index (χ1v) is 15.8. The van der Waals surface area contributed by atoms with Crippen LogP contribution in [0.1, 0.15) is 17.8 Å². The largest absolute Gasteiger partial charge is 0.310 e. The van der Waals surface area contributed by atoms with Gasteiger partial charge in [-0.05, 0) is 114 Å². The van der Waals surface area contributed by atoms with E-state index in [-0.39, 0.29) is 16.9 Å². The van der Waals surface area contributed by atoms with E-state index in [1.54, 1.807) is 24.3 Å². The predicted octanol–water partition coefficient (Wildman–Crippen LogP) is 13.6. The van der Waals surface area contributed by atoms with Gasteiger partial charge < -0.3 is 4.90 Å². The Morgan fingerprint density at radius 3 is 1.61 bits per heavy atom. The molecule has 49 heavy (non-hydrogen) atoms. The molecular formula is C48H33N. The van der Waals surface area contributed by atoms with Crippen LogP contribution in [0.25, 0.3) is 65.7 Å². The van der Waals surface area contributed by atoms with E-state index in [4.69, 9.17) is 6.85 Å². The lowest BCUT2D eigenvalue weighted by molar-refractivity contribution is 1.28. The van der Waals surface area contributed by atoms with Crippen molar-refractivity contribution < 1.29 is 17.8 Å². The van der Waals surface area contributed by atoms with Crippen molar-refractivity contribution in [2.45, 2.75) is 0 Å². The van der Waals surface area contributed by atoms with Crippen molar-refractivity contribution in [3.8, 4) is 33.4 Å². The number of hydrogen-bond acceptors (Lipinski definition) is 1. The van der Waals surface area contributed by atoms with Gasteiger partial charge in [-0.2, -0.15) is 0 Å². The first-order valence-electron chi connectivity index (χ1n) is 22.3. The second kappa shape index (κ2) is 12.3. The van der Waals surface area contributed by atoms with Crippen LogP contribution >= 0.6 is 0 Å². The summed E-state index contributed by atoms with van der Waals surface area (Å²) in [6.45, 7) is 0. The van der Waals surface area contributed by atoms with Crippen molar-refractivity contribution in [1.82, 2.24) is 0 Å². The quantitative estimate of drug-likeness (QED) is 0.164. The zero-order valence-electron chi connectivity index (χ0n) is 39.0.